The SMILES string of the molecule is Cc1cc[nH]c1N1C=C(C(=O)C2=CN(c3[nH]ccc3C)CC(CCNS(=O)(=O)c3ccc(F)cc3)=C2)C=C(CCNS(=O)(=O)c2ccc(F)cc2)C1. The Balaban J connectivity index is 1.24. The maximum Gasteiger partial charge on any atom is 0.240 e. The third-order valence-corrected chi connectivity index (χ3v) is 11.7. The highest BCUT2D eigenvalue weighted by Crippen LogP contribution is 2.30. The molecular formula is C37H38F2N6O5S2. The summed E-state index contributed by atoms with van der Waals surface area (Å²) in [5, 5.41) is 0. The molecule has 15 heteroatoms. The molecule has 52 heavy (non-hydrogen) atoms. The van der Waals surface area contributed by atoms with Crippen LogP contribution in [0.15, 0.2) is 130 Å². The number of halogens is 2. The number of sulfonamides is 2. The zero-order valence-electron chi connectivity index (χ0n) is 28.5. The summed E-state index contributed by atoms with van der Waals surface area (Å²) in [7, 11) is -7.78. The number of anilines is 2. The summed E-state index contributed by atoms with van der Waals surface area (Å²) in [6.45, 7) is 4.78. The van der Waals surface area contributed by atoms with Crippen molar-refractivity contribution < 1.29 is 30.4 Å². The van der Waals surface area contributed by atoms with Crippen molar-refractivity contribution in [1.82, 2.24) is 19.4 Å². The number of benzene rings is 2. The van der Waals surface area contributed by atoms with Gasteiger partial charge in [-0.25, -0.2) is 35.1 Å². The van der Waals surface area contributed by atoms with Crippen LogP contribution in [0.2, 0.25) is 0 Å². The van der Waals surface area contributed by atoms with Crippen LogP contribution in [0.1, 0.15) is 24.0 Å². The second-order valence-electron chi connectivity index (χ2n) is 12.6. The number of rotatable bonds is 14. The van der Waals surface area contributed by atoms with Gasteiger partial charge < -0.3 is 19.8 Å². The van der Waals surface area contributed by atoms with Crippen LogP contribution in [-0.4, -0.2) is 58.8 Å². The lowest BCUT2D eigenvalue weighted by atomic mass is 9.94. The zero-order valence-corrected chi connectivity index (χ0v) is 30.1. The molecule has 4 N–H and O–H groups in total. The number of aryl methyl sites for hydroxylation is 2. The number of aromatic amines is 2. The first kappa shape index (κ1) is 36.7. The predicted octanol–water partition coefficient (Wildman–Crippen LogP) is 5.50. The molecule has 2 aromatic carbocycles. The fraction of sp³-hybridized carbons (Fsp3) is 0.216. The molecule has 11 nitrogen and oxygen atoms in total. The van der Waals surface area contributed by atoms with Gasteiger partial charge in [0.1, 0.15) is 23.3 Å². The lowest BCUT2D eigenvalue weighted by Crippen LogP contribution is -2.31. The molecule has 0 atom stereocenters. The Labute approximate surface area is 301 Å². The number of nitrogens with one attached hydrogen (secondary N) is 4. The molecule has 0 unspecified atom stereocenters. The van der Waals surface area contributed by atoms with Gasteiger partial charge in [-0.05, 0) is 122 Å². The highest BCUT2D eigenvalue weighted by atomic mass is 32.2. The number of carbonyl (C=O) groups is 1. The lowest BCUT2D eigenvalue weighted by Gasteiger charge is -2.29. The first-order valence-corrected chi connectivity index (χ1v) is 19.4. The maximum absolute atomic E-state index is 14.4. The van der Waals surface area contributed by atoms with Crippen molar-refractivity contribution in [3.8, 4) is 0 Å². The van der Waals surface area contributed by atoms with Crippen LogP contribution in [0.5, 0.6) is 0 Å². The third-order valence-electron chi connectivity index (χ3n) is 8.73. The molecule has 0 bridgehead atoms. The van der Waals surface area contributed by atoms with Crippen molar-refractivity contribution in [2.24, 2.45) is 0 Å². The van der Waals surface area contributed by atoms with E-state index in [0.717, 1.165) is 58.2 Å². The van der Waals surface area contributed by atoms with E-state index in [9.17, 15) is 30.4 Å². The van der Waals surface area contributed by atoms with Gasteiger partial charge in [0.2, 0.25) is 20.0 Å². The van der Waals surface area contributed by atoms with Gasteiger partial charge in [0.15, 0.2) is 5.78 Å². The number of carbonyl (C=O) groups excluding carboxylic acids is 1. The normalized spacial score (nSPS) is 15.2. The van der Waals surface area contributed by atoms with Crippen molar-refractivity contribution in [1.29, 1.82) is 0 Å². The maximum atomic E-state index is 14.4. The van der Waals surface area contributed by atoms with Gasteiger partial charge in [-0.2, -0.15) is 0 Å². The van der Waals surface area contributed by atoms with Crippen LogP contribution in [0, 0.1) is 25.5 Å². The van der Waals surface area contributed by atoms with E-state index in [4.69, 9.17) is 0 Å². The quantitative estimate of drug-likeness (QED) is 0.133. The summed E-state index contributed by atoms with van der Waals surface area (Å²) in [6.07, 6.45) is 11.3. The number of hydrogen-bond acceptors (Lipinski definition) is 7. The number of hydrogen-bond donors (Lipinski definition) is 4. The molecule has 0 amide bonds. The fourth-order valence-corrected chi connectivity index (χ4v) is 8.12. The number of ketones is 1. The van der Waals surface area contributed by atoms with Crippen LogP contribution in [0.4, 0.5) is 20.4 Å². The summed E-state index contributed by atoms with van der Waals surface area (Å²) in [5.41, 5.74) is 4.26. The number of H-pyrrole nitrogens is 2. The van der Waals surface area contributed by atoms with Gasteiger partial charge in [-0.1, -0.05) is 0 Å². The Morgan fingerprint density at radius 2 is 1.04 bits per heavy atom. The molecule has 0 fully saturated rings. The number of nitrogens with zero attached hydrogens (tertiary/aromatic N) is 2. The second-order valence-corrected chi connectivity index (χ2v) is 16.1. The minimum absolute atomic E-state index is 0.0466. The van der Waals surface area contributed by atoms with Crippen LogP contribution in [-0.2, 0) is 24.8 Å². The first-order valence-electron chi connectivity index (χ1n) is 16.5. The summed E-state index contributed by atoms with van der Waals surface area (Å²) in [6, 6.07) is 13.0. The molecule has 4 aromatic rings. The zero-order chi connectivity index (χ0) is 37.0. The molecule has 272 valence electrons. The van der Waals surface area contributed by atoms with E-state index in [2.05, 4.69) is 19.4 Å². The largest absolute Gasteiger partial charge is 0.348 e. The minimum Gasteiger partial charge on any atom is -0.348 e. The van der Waals surface area contributed by atoms with Gasteiger partial charge in [0, 0.05) is 62.1 Å². The molecule has 0 saturated carbocycles. The smallest absolute Gasteiger partial charge is 0.240 e. The lowest BCUT2D eigenvalue weighted by molar-refractivity contribution is -0.111. The van der Waals surface area contributed by atoms with Crippen LogP contribution < -0.4 is 19.2 Å². The standard InChI is InChI=1S/C37H38F2N6O5S2/c1-25-11-15-40-36(25)44-21-27(13-17-42-51(47,48)33-7-3-31(38)4-8-33)19-29(23-44)35(46)30-20-28(22-45(24-30)37-26(2)12-16-41-37)14-18-43-52(49,50)34-9-5-32(39)6-10-34/h3-12,15-16,19-20,23-24,40-43H,13-14,17-18,21-22H2,1-2H3. The summed E-state index contributed by atoms with van der Waals surface area (Å²) >= 11 is 0. The predicted molar refractivity (Wildman–Crippen MR) is 196 cm³/mol. The minimum atomic E-state index is -3.89. The van der Waals surface area contributed by atoms with E-state index in [0.29, 0.717) is 37.1 Å². The highest BCUT2D eigenvalue weighted by molar-refractivity contribution is 7.89. The molecule has 2 aliphatic heterocycles. The molecule has 0 saturated heterocycles. The van der Waals surface area contributed by atoms with Crippen LogP contribution >= 0.6 is 0 Å². The Morgan fingerprint density at radius 3 is 1.38 bits per heavy atom. The third kappa shape index (κ3) is 8.50. The number of aromatic nitrogens is 2. The van der Waals surface area contributed by atoms with Crippen LogP contribution in [0.25, 0.3) is 0 Å². The van der Waals surface area contributed by atoms with Gasteiger partial charge in [0.05, 0.1) is 9.79 Å². The van der Waals surface area contributed by atoms with Crippen molar-refractivity contribution in [2.45, 2.75) is 36.5 Å². The van der Waals surface area contributed by atoms with Gasteiger partial charge >= 0.3 is 0 Å². The van der Waals surface area contributed by atoms with E-state index in [1.54, 1.807) is 36.9 Å². The monoisotopic (exact) mass is 748 g/mol. The summed E-state index contributed by atoms with van der Waals surface area (Å²) < 4.78 is 83.3. The van der Waals surface area contributed by atoms with Crippen molar-refractivity contribution >= 4 is 37.5 Å². The first-order chi connectivity index (χ1) is 24.8. The van der Waals surface area contributed by atoms with Crippen molar-refractivity contribution in [3.05, 3.63) is 143 Å². The molecule has 6 rings (SSSR count). The van der Waals surface area contributed by atoms with E-state index in [1.165, 1.54) is 24.3 Å². The van der Waals surface area contributed by atoms with Gasteiger partial charge in [-0.3, -0.25) is 4.79 Å². The topological polar surface area (TPSA) is 147 Å². The Bertz CT molecular complexity index is 2140. The number of allylic oxidation sites excluding steroid dienone is 4. The average molecular weight is 749 g/mol. The highest BCUT2D eigenvalue weighted by Gasteiger charge is 2.26. The fourth-order valence-electron chi connectivity index (χ4n) is 6.06. The molecule has 2 aliphatic rings. The molecule has 0 aliphatic carbocycles. The number of Topliss-reactive ketones (excluding diaryl/α,β-unsaturated/α-hetero) is 1. The Kier molecular flexibility index (Phi) is 10.8. The average Bonchev–Trinajstić information content (AvgIpc) is 3.75. The molecule has 2 aromatic heterocycles. The summed E-state index contributed by atoms with van der Waals surface area (Å²) in [4.78, 5) is 24.5. The van der Waals surface area contributed by atoms with E-state index in [1.807, 2.05) is 35.8 Å². The van der Waals surface area contributed by atoms with E-state index >= 15 is 0 Å². The van der Waals surface area contributed by atoms with Crippen molar-refractivity contribution in [3.63, 3.8) is 0 Å². The van der Waals surface area contributed by atoms with Crippen LogP contribution in [0.3, 0.4) is 0 Å². The van der Waals surface area contributed by atoms with Crippen molar-refractivity contribution in [2.75, 3.05) is 36.0 Å². The molecule has 4 heterocycles. The molecule has 0 radical (unpaired) electrons. The molecule has 0 spiro atoms. The Morgan fingerprint density at radius 1 is 0.654 bits per heavy atom. The van der Waals surface area contributed by atoms with E-state index < -0.39 is 31.7 Å². The Hall–Kier alpha value is -5.09. The summed E-state index contributed by atoms with van der Waals surface area (Å²) in [5.74, 6) is 0.212. The second kappa shape index (κ2) is 15.3. The van der Waals surface area contributed by atoms with Gasteiger partial charge in [-0.15, -0.1) is 0 Å². The van der Waals surface area contributed by atoms with Gasteiger partial charge in [0.25, 0.3) is 0 Å². The van der Waals surface area contributed by atoms with E-state index in [-0.39, 0.29) is 28.7 Å². The molecular weight excluding hydrogens is 711 g/mol.